The Labute approximate surface area is 149 Å². The standard InChI is InChI=1S/C20H27N3O2/c1-6-17(19-13(4)22-25-14(19)5)21-20(24)23-11-16(12(2)3)15-9-7-8-10-18(15)23/h7-10,12,16-17H,6,11H2,1-5H3,(H,21,24). The number of carbonyl (C=O) groups excluding carboxylic acids is 1. The van der Waals surface area contributed by atoms with Gasteiger partial charge in [-0.15, -0.1) is 0 Å². The fourth-order valence-corrected chi connectivity index (χ4v) is 3.80. The first-order valence-corrected chi connectivity index (χ1v) is 9.03. The van der Waals surface area contributed by atoms with E-state index in [1.54, 1.807) is 0 Å². The Balaban J connectivity index is 1.84. The van der Waals surface area contributed by atoms with Gasteiger partial charge in [-0.1, -0.05) is 44.1 Å². The zero-order valence-corrected chi connectivity index (χ0v) is 15.7. The van der Waals surface area contributed by atoms with Gasteiger partial charge in [0.2, 0.25) is 0 Å². The van der Waals surface area contributed by atoms with Gasteiger partial charge in [0.1, 0.15) is 5.76 Å². The normalized spacial score (nSPS) is 17.7. The van der Waals surface area contributed by atoms with E-state index in [4.69, 9.17) is 4.52 Å². The second-order valence-corrected chi connectivity index (χ2v) is 7.17. The number of hydrogen-bond acceptors (Lipinski definition) is 3. The molecule has 1 N–H and O–H groups in total. The number of anilines is 1. The van der Waals surface area contributed by atoms with E-state index < -0.39 is 0 Å². The number of para-hydroxylation sites is 1. The molecule has 5 nitrogen and oxygen atoms in total. The van der Waals surface area contributed by atoms with Crippen molar-refractivity contribution in [1.29, 1.82) is 0 Å². The number of aryl methyl sites for hydroxylation is 2. The zero-order valence-electron chi connectivity index (χ0n) is 15.7. The van der Waals surface area contributed by atoms with Crippen LogP contribution in [0, 0.1) is 19.8 Å². The minimum absolute atomic E-state index is 0.0533. The van der Waals surface area contributed by atoms with E-state index in [-0.39, 0.29) is 12.1 Å². The van der Waals surface area contributed by atoms with E-state index >= 15 is 0 Å². The predicted molar refractivity (Wildman–Crippen MR) is 98.9 cm³/mol. The Kier molecular flexibility index (Phi) is 4.84. The fraction of sp³-hybridized carbons (Fsp3) is 0.500. The lowest BCUT2D eigenvalue weighted by Gasteiger charge is -2.24. The van der Waals surface area contributed by atoms with Crippen LogP contribution >= 0.6 is 0 Å². The summed E-state index contributed by atoms with van der Waals surface area (Å²) in [4.78, 5) is 14.9. The number of urea groups is 1. The molecule has 5 heteroatoms. The first kappa shape index (κ1) is 17.5. The topological polar surface area (TPSA) is 58.4 Å². The molecule has 2 amide bonds. The smallest absolute Gasteiger partial charge is 0.322 e. The molecule has 1 aliphatic heterocycles. The van der Waals surface area contributed by atoms with Crippen molar-refractivity contribution >= 4 is 11.7 Å². The van der Waals surface area contributed by atoms with Crippen LogP contribution in [0.4, 0.5) is 10.5 Å². The summed E-state index contributed by atoms with van der Waals surface area (Å²) in [6.45, 7) is 11.0. The monoisotopic (exact) mass is 341 g/mol. The molecule has 0 aliphatic carbocycles. The average molecular weight is 341 g/mol. The summed E-state index contributed by atoms with van der Waals surface area (Å²) in [6, 6.07) is 8.07. The number of benzene rings is 1. The van der Waals surface area contributed by atoms with Gasteiger partial charge in [0.05, 0.1) is 11.7 Å². The predicted octanol–water partition coefficient (Wildman–Crippen LogP) is 4.71. The third-order valence-electron chi connectivity index (χ3n) is 5.20. The summed E-state index contributed by atoms with van der Waals surface area (Å²) < 4.78 is 5.28. The van der Waals surface area contributed by atoms with Crippen molar-refractivity contribution in [2.24, 2.45) is 5.92 Å². The maximum Gasteiger partial charge on any atom is 0.322 e. The van der Waals surface area contributed by atoms with Crippen LogP contribution in [0.1, 0.15) is 61.7 Å². The minimum atomic E-state index is -0.0935. The zero-order chi connectivity index (χ0) is 18.1. The Hall–Kier alpha value is -2.30. The van der Waals surface area contributed by atoms with Crippen molar-refractivity contribution in [2.75, 3.05) is 11.4 Å². The largest absolute Gasteiger partial charge is 0.361 e. The molecule has 2 unspecified atom stereocenters. The highest BCUT2D eigenvalue weighted by Gasteiger charge is 2.34. The molecular weight excluding hydrogens is 314 g/mol. The lowest BCUT2D eigenvalue weighted by Crippen LogP contribution is -2.41. The number of amides is 2. The van der Waals surface area contributed by atoms with Crippen LogP contribution in [-0.4, -0.2) is 17.7 Å². The number of nitrogens with zero attached hydrogens (tertiary/aromatic N) is 2. The molecule has 0 spiro atoms. The molecule has 2 aromatic rings. The molecule has 0 saturated carbocycles. The van der Waals surface area contributed by atoms with Crippen LogP contribution in [-0.2, 0) is 0 Å². The average Bonchev–Trinajstić information content (AvgIpc) is 3.13. The van der Waals surface area contributed by atoms with Crippen LogP contribution in [0.2, 0.25) is 0 Å². The number of rotatable bonds is 4. The van der Waals surface area contributed by atoms with Crippen molar-refractivity contribution in [1.82, 2.24) is 10.5 Å². The minimum Gasteiger partial charge on any atom is -0.361 e. The molecule has 0 fully saturated rings. The van der Waals surface area contributed by atoms with Crippen LogP contribution in [0.5, 0.6) is 0 Å². The van der Waals surface area contributed by atoms with Gasteiger partial charge in [-0.2, -0.15) is 0 Å². The quantitative estimate of drug-likeness (QED) is 0.876. The van der Waals surface area contributed by atoms with Gasteiger partial charge in [-0.3, -0.25) is 4.90 Å². The number of carbonyl (C=O) groups is 1. The number of hydrogen-bond donors (Lipinski definition) is 1. The Morgan fingerprint density at radius 2 is 2.08 bits per heavy atom. The van der Waals surface area contributed by atoms with E-state index in [9.17, 15) is 4.79 Å². The molecule has 0 bridgehead atoms. The van der Waals surface area contributed by atoms with Crippen LogP contribution in [0.3, 0.4) is 0 Å². The van der Waals surface area contributed by atoms with Crippen molar-refractivity contribution < 1.29 is 9.32 Å². The Morgan fingerprint density at radius 1 is 1.36 bits per heavy atom. The van der Waals surface area contributed by atoms with Gasteiger partial charge in [0.25, 0.3) is 0 Å². The van der Waals surface area contributed by atoms with Crippen molar-refractivity contribution in [3.8, 4) is 0 Å². The molecule has 0 saturated heterocycles. The van der Waals surface area contributed by atoms with Gasteiger partial charge >= 0.3 is 6.03 Å². The summed E-state index contributed by atoms with van der Waals surface area (Å²) in [5.41, 5.74) is 4.11. The second kappa shape index (κ2) is 6.90. The first-order valence-electron chi connectivity index (χ1n) is 9.03. The third kappa shape index (κ3) is 3.15. The van der Waals surface area contributed by atoms with Crippen molar-refractivity contribution in [3.63, 3.8) is 0 Å². The third-order valence-corrected chi connectivity index (χ3v) is 5.20. The first-order chi connectivity index (χ1) is 11.9. The highest BCUT2D eigenvalue weighted by molar-refractivity contribution is 5.95. The van der Waals surface area contributed by atoms with E-state index in [1.165, 1.54) is 5.56 Å². The highest BCUT2D eigenvalue weighted by atomic mass is 16.5. The van der Waals surface area contributed by atoms with Crippen molar-refractivity contribution in [2.45, 2.75) is 53.0 Å². The molecular formula is C20H27N3O2. The molecule has 2 heterocycles. The van der Waals surface area contributed by atoms with Crippen molar-refractivity contribution in [3.05, 3.63) is 46.8 Å². The summed E-state index contributed by atoms with van der Waals surface area (Å²) >= 11 is 0. The highest BCUT2D eigenvalue weighted by Crippen LogP contribution is 2.40. The molecule has 1 aliphatic rings. The van der Waals surface area contributed by atoms with Gasteiger partial charge in [-0.05, 0) is 37.8 Å². The molecule has 134 valence electrons. The molecule has 1 aromatic carbocycles. The van der Waals surface area contributed by atoms with Gasteiger partial charge in [0.15, 0.2) is 0 Å². The second-order valence-electron chi connectivity index (χ2n) is 7.17. The fourth-order valence-electron chi connectivity index (χ4n) is 3.80. The Bertz CT molecular complexity index is 747. The number of fused-ring (bicyclic) bond motifs is 1. The van der Waals surface area contributed by atoms with Crippen LogP contribution < -0.4 is 10.2 Å². The van der Waals surface area contributed by atoms with Crippen LogP contribution in [0.15, 0.2) is 28.8 Å². The summed E-state index contributed by atoms with van der Waals surface area (Å²) in [5.74, 6) is 1.64. The maximum absolute atomic E-state index is 13.0. The summed E-state index contributed by atoms with van der Waals surface area (Å²) in [7, 11) is 0. The van der Waals surface area contributed by atoms with E-state index in [2.05, 4.69) is 37.3 Å². The molecule has 0 radical (unpaired) electrons. The molecule has 25 heavy (non-hydrogen) atoms. The molecule has 2 atom stereocenters. The number of aromatic nitrogens is 1. The van der Waals surface area contributed by atoms with Crippen LogP contribution in [0.25, 0.3) is 0 Å². The number of nitrogens with one attached hydrogen (secondary N) is 1. The summed E-state index contributed by atoms with van der Waals surface area (Å²) in [6.07, 6.45) is 0.789. The molecule has 1 aromatic heterocycles. The SMILES string of the molecule is CCC(NC(=O)N1CC(C(C)C)c2ccccc21)c1c(C)noc1C. The molecule has 3 rings (SSSR count). The lowest BCUT2D eigenvalue weighted by molar-refractivity contribution is 0.242. The van der Waals surface area contributed by atoms with Gasteiger partial charge in [-0.25, -0.2) is 4.79 Å². The van der Waals surface area contributed by atoms with Gasteiger partial charge in [0, 0.05) is 23.7 Å². The Morgan fingerprint density at radius 3 is 2.68 bits per heavy atom. The lowest BCUT2D eigenvalue weighted by atomic mass is 9.90. The van der Waals surface area contributed by atoms with E-state index in [0.29, 0.717) is 11.8 Å². The summed E-state index contributed by atoms with van der Waals surface area (Å²) in [5, 5.41) is 7.20. The van der Waals surface area contributed by atoms with E-state index in [1.807, 2.05) is 36.9 Å². The van der Waals surface area contributed by atoms with E-state index in [0.717, 1.165) is 35.7 Å². The maximum atomic E-state index is 13.0. The van der Waals surface area contributed by atoms with Gasteiger partial charge < -0.3 is 9.84 Å².